The number of hydrogen-bond donors (Lipinski definition) is 2. The molecule has 0 fully saturated rings. The molecule has 0 spiro atoms. The minimum atomic E-state index is 0.175. The Balaban J connectivity index is 1.71. The van der Waals surface area contributed by atoms with Gasteiger partial charge in [0.1, 0.15) is 0 Å². The van der Waals surface area contributed by atoms with Crippen molar-refractivity contribution in [3.05, 3.63) is 54.2 Å². The number of benzene rings is 2. The monoisotopic (exact) mass is 353 g/mol. The lowest BCUT2D eigenvalue weighted by molar-refractivity contribution is 0.322. The number of aromatic nitrogens is 2. The van der Waals surface area contributed by atoms with Gasteiger partial charge in [-0.15, -0.1) is 23.1 Å². The zero-order valence-corrected chi connectivity index (χ0v) is 14.4. The fraction of sp³-hybridized carbons (Fsp3) is 0.111. The number of pyridine rings is 1. The van der Waals surface area contributed by atoms with Crippen LogP contribution in [0.25, 0.3) is 21.1 Å². The summed E-state index contributed by atoms with van der Waals surface area (Å²) in [7, 11) is 0. The highest BCUT2D eigenvalue weighted by Gasteiger charge is 2.06. The van der Waals surface area contributed by atoms with Gasteiger partial charge in [-0.3, -0.25) is 4.98 Å². The van der Waals surface area contributed by atoms with Crippen molar-refractivity contribution >= 4 is 55.6 Å². The van der Waals surface area contributed by atoms with Gasteiger partial charge in [-0.25, -0.2) is 4.98 Å². The van der Waals surface area contributed by atoms with Gasteiger partial charge in [0.2, 0.25) is 0 Å². The fourth-order valence-corrected chi connectivity index (χ4v) is 3.93. The van der Waals surface area contributed by atoms with Gasteiger partial charge in [-0.1, -0.05) is 0 Å². The van der Waals surface area contributed by atoms with Crippen LogP contribution in [0.15, 0.2) is 59.1 Å². The SMILES string of the molecule is OCCSc1ccc2nccc(Nc3ccc4scnc4c3)c2c1. The molecule has 0 aliphatic heterocycles. The van der Waals surface area contributed by atoms with Crippen LogP contribution in [0.2, 0.25) is 0 Å². The smallest absolute Gasteiger partial charge is 0.0832 e. The van der Waals surface area contributed by atoms with Crippen molar-refractivity contribution in [2.45, 2.75) is 4.90 Å². The number of aliphatic hydroxyl groups is 1. The van der Waals surface area contributed by atoms with Crippen LogP contribution in [0.5, 0.6) is 0 Å². The van der Waals surface area contributed by atoms with E-state index in [0.29, 0.717) is 5.75 Å². The Bertz CT molecular complexity index is 1000. The molecule has 6 heteroatoms. The summed E-state index contributed by atoms with van der Waals surface area (Å²) in [5, 5.41) is 13.6. The van der Waals surface area contributed by atoms with E-state index >= 15 is 0 Å². The number of aliphatic hydroxyl groups excluding tert-OH is 1. The van der Waals surface area contributed by atoms with Crippen molar-refractivity contribution in [3.63, 3.8) is 0 Å². The van der Waals surface area contributed by atoms with E-state index in [1.165, 1.54) is 4.70 Å². The fourth-order valence-electron chi connectivity index (χ4n) is 2.58. The Morgan fingerprint density at radius 1 is 1.04 bits per heavy atom. The molecule has 0 bridgehead atoms. The molecule has 2 aromatic carbocycles. The zero-order valence-electron chi connectivity index (χ0n) is 12.8. The van der Waals surface area contributed by atoms with E-state index in [2.05, 4.69) is 39.6 Å². The van der Waals surface area contributed by atoms with E-state index in [1.807, 2.05) is 29.9 Å². The third kappa shape index (κ3) is 3.08. The molecular formula is C18H15N3OS2. The molecule has 0 amide bonds. The molecule has 0 saturated heterocycles. The van der Waals surface area contributed by atoms with Crippen molar-refractivity contribution < 1.29 is 5.11 Å². The Hall–Kier alpha value is -2.15. The second kappa shape index (κ2) is 6.76. The van der Waals surface area contributed by atoms with Crippen molar-refractivity contribution in [1.82, 2.24) is 9.97 Å². The summed E-state index contributed by atoms with van der Waals surface area (Å²) in [6.07, 6.45) is 1.81. The standard InChI is InChI=1S/C18H15N3OS2/c22-7-8-23-13-2-3-15-14(10-13)16(5-6-19-15)21-12-1-4-18-17(9-12)20-11-24-18/h1-6,9-11,22H,7-8H2,(H,19,21). The van der Waals surface area contributed by atoms with Crippen LogP contribution in [0, 0.1) is 0 Å². The summed E-state index contributed by atoms with van der Waals surface area (Å²) >= 11 is 3.28. The molecule has 2 heterocycles. The van der Waals surface area contributed by atoms with Crippen molar-refractivity contribution in [2.75, 3.05) is 17.7 Å². The predicted octanol–water partition coefficient (Wildman–Crippen LogP) is 4.67. The number of nitrogens with zero attached hydrogens (tertiary/aromatic N) is 2. The average Bonchev–Trinajstić information content (AvgIpc) is 3.08. The molecule has 4 nitrogen and oxygen atoms in total. The number of hydrogen-bond acceptors (Lipinski definition) is 6. The van der Waals surface area contributed by atoms with Gasteiger partial charge in [0.25, 0.3) is 0 Å². The third-order valence-corrected chi connectivity index (χ3v) is 5.47. The second-order valence-electron chi connectivity index (χ2n) is 5.27. The Kier molecular flexibility index (Phi) is 4.34. The number of fused-ring (bicyclic) bond motifs is 2. The van der Waals surface area contributed by atoms with Gasteiger partial charge >= 0.3 is 0 Å². The summed E-state index contributed by atoms with van der Waals surface area (Å²) in [6, 6.07) is 14.4. The summed E-state index contributed by atoms with van der Waals surface area (Å²) < 4.78 is 1.18. The minimum absolute atomic E-state index is 0.175. The number of rotatable bonds is 5. The van der Waals surface area contributed by atoms with Gasteiger partial charge in [-0.05, 0) is 42.5 Å². The van der Waals surface area contributed by atoms with Crippen LogP contribution in [0.4, 0.5) is 11.4 Å². The Morgan fingerprint density at radius 2 is 2.00 bits per heavy atom. The van der Waals surface area contributed by atoms with Crippen LogP contribution >= 0.6 is 23.1 Å². The molecule has 2 N–H and O–H groups in total. The predicted molar refractivity (Wildman–Crippen MR) is 102 cm³/mol. The van der Waals surface area contributed by atoms with E-state index in [-0.39, 0.29) is 6.61 Å². The van der Waals surface area contributed by atoms with Crippen molar-refractivity contribution in [1.29, 1.82) is 0 Å². The van der Waals surface area contributed by atoms with Crippen molar-refractivity contribution in [3.8, 4) is 0 Å². The molecule has 0 atom stereocenters. The first-order valence-corrected chi connectivity index (χ1v) is 9.43. The Morgan fingerprint density at radius 3 is 2.92 bits per heavy atom. The highest BCUT2D eigenvalue weighted by Crippen LogP contribution is 2.30. The van der Waals surface area contributed by atoms with Crippen LogP contribution in [-0.2, 0) is 0 Å². The van der Waals surface area contributed by atoms with Crippen LogP contribution < -0.4 is 5.32 Å². The lowest BCUT2D eigenvalue weighted by atomic mass is 10.2. The molecule has 24 heavy (non-hydrogen) atoms. The number of nitrogens with one attached hydrogen (secondary N) is 1. The maximum Gasteiger partial charge on any atom is 0.0832 e. The molecule has 2 aromatic heterocycles. The zero-order chi connectivity index (χ0) is 16.4. The van der Waals surface area contributed by atoms with Gasteiger partial charge in [-0.2, -0.15) is 0 Å². The highest BCUT2D eigenvalue weighted by molar-refractivity contribution is 7.99. The topological polar surface area (TPSA) is 58.0 Å². The molecule has 0 aliphatic rings. The van der Waals surface area contributed by atoms with E-state index in [1.54, 1.807) is 23.1 Å². The number of anilines is 2. The molecule has 4 aromatic rings. The largest absolute Gasteiger partial charge is 0.396 e. The van der Waals surface area contributed by atoms with Crippen LogP contribution in [0.1, 0.15) is 0 Å². The van der Waals surface area contributed by atoms with Crippen molar-refractivity contribution in [2.24, 2.45) is 0 Å². The molecular weight excluding hydrogens is 338 g/mol. The summed E-state index contributed by atoms with van der Waals surface area (Å²) in [5.41, 5.74) is 5.84. The first kappa shape index (κ1) is 15.4. The summed E-state index contributed by atoms with van der Waals surface area (Å²) in [5.74, 6) is 0.690. The third-order valence-electron chi connectivity index (χ3n) is 3.68. The maximum absolute atomic E-state index is 9.01. The van der Waals surface area contributed by atoms with E-state index in [9.17, 15) is 0 Å². The minimum Gasteiger partial charge on any atom is -0.396 e. The summed E-state index contributed by atoms with van der Waals surface area (Å²) in [6.45, 7) is 0.175. The first-order valence-electron chi connectivity index (χ1n) is 7.56. The Labute approximate surface area is 147 Å². The number of thioether (sulfide) groups is 1. The van der Waals surface area contributed by atoms with Gasteiger partial charge in [0.15, 0.2) is 0 Å². The van der Waals surface area contributed by atoms with Crippen LogP contribution in [-0.4, -0.2) is 27.4 Å². The average molecular weight is 353 g/mol. The second-order valence-corrected chi connectivity index (χ2v) is 7.32. The quantitative estimate of drug-likeness (QED) is 0.511. The number of thiazole rings is 1. The molecule has 0 unspecified atom stereocenters. The highest BCUT2D eigenvalue weighted by atomic mass is 32.2. The molecule has 120 valence electrons. The first-order chi connectivity index (χ1) is 11.8. The lowest BCUT2D eigenvalue weighted by Gasteiger charge is -2.10. The van der Waals surface area contributed by atoms with Gasteiger partial charge in [0.05, 0.1) is 27.9 Å². The molecule has 0 aliphatic carbocycles. The molecule has 4 rings (SSSR count). The summed E-state index contributed by atoms with van der Waals surface area (Å²) in [4.78, 5) is 9.93. The lowest BCUT2D eigenvalue weighted by Crippen LogP contribution is -1.93. The van der Waals surface area contributed by atoms with E-state index in [4.69, 9.17) is 5.11 Å². The molecule has 0 radical (unpaired) electrons. The van der Waals surface area contributed by atoms with E-state index in [0.717, 1.165) is 32.7 Å². The van der Waals surface area contributed by atoms with Gasteiger partial charge in [0, 0.05) is 33.6 Å². The molecule has 0 saturated carbocycles. The van der Waals surface area contributed by atoms with Crippen LogP contribution in [0.3, 0.4) is 0 Å². The maximum atomic E-state index is 9.01. The van der Waals surface area contributed by atoms with E-state index < -0.39 is 0 Å². The normalized spacial score (nSPS) is 11.2. The van der Waals surface area contributed by atoms with Gasteiger partial charge < -0.3 is 10.4 Å².